The van der Waals surface area contributed by atoms with E-state index in [1.165, 1.54) is 0 Å². The van der Waals surface area contributed by atoms with Gasteiger partial charge in [-0.1, -0.05) is 42.0 Å². The van der Waals surface area contributed by atoms with Crippen LogP contribution in [0.25, 0.3) is 33.1 Å². The second kappa shape index (κ2) is 5.91. The molecule has 2 aromatic heterocycles. The zero-order chi connectivity index (χ0) is 15.3. The van der Waals surface area contributed by atoms with Crippen molar-refractivity contribution in [2.75, 3.05) is 0 Å². The number of nitrogens with zero attached hydrogens (tertiary/aromatic N) is 2. The number of fused-ring (bicyclic) bond motifs is 2. The molecule has 6 heteroatoms. The van der Waals surface area contributed by atoms with Gasteiger partial charge >= 0.3 is 0 Å². The molecule has 2 N–H and O–H groups in total. The van der Waals surface area contributed by atoms with Crippen molar-refractivity contribution in [3.8, 4) is 17.1 Å². The van der Waals surface area contributed by atoms with E-state index in [1.807, 2.05) is 49.4 Å². The molecule has 5 nitrogen and oxygen atoms in total. The second-order valence-electron chi connectivity index (χ2n) is 5.27. The minimum Gasteiger partial charge on any atom is -0.626 e. The third kappa shape index (κ3) is 2.31. The molecule has 0 saturated carbocycles. The van der Waals surface area contributed by atoms with Gasteiger partial charge in [0.25, 0.3) is 0 Å². The summed E-state index contributed by atoms with van der Waals surface area (Å²) in [5.74, 6) is -0.0965. The summed E-state index contributed by atoms with van der Waals surface area (Å²) < 4.78 is 0. The summed E-state index contributed by atoms with van der Waals surface area (Å²) in [6.07, 6.45) is 0. The van der Waals surface area contributed by atoms with Crippen molar-refractivity contribution in [1.29, 1.82) is 0 Å². The van der Waals surface area contributed by atoms with Crippen molar-refractivity contribution in [2.45, 2.75) is 6.92 Å². The van der Waals surface area contributed by atoms with Crippen molar-refractivity contribution in [1.82, 2.24) is 9.97 Å². The quantitative estimate of drug-likeness (QED) is 0.508. The van der Waals surface area contributed by atoms with E-state index in [1.54, 1.807) is 0 Å². The first-order valence-corrected chi connectivity index (χ1v) is 6.90. The number of hydrogen-bond acceptors (Lipinski definition) is 3. The van der Waals surface area contributed by atoms with Crippen molar-refractivity contribution >= 4 is 27.5 Å². The molecule has 0 aliphatic rings. The van der Waals surface area contributed by atoms with Crippen LogP contribution in [-0.2, 0) is 32.7 Å². The van der Waals surface area contributed by atoms with Crippen LogP contribution in [0, 0.1) is 11.8 Å². The Kier molecular flexibility index (Phi) is 4.08. The molecule has 2 aromatic carbocycles. The van der Waals surface area contributed by atoms with E-state index >= 15 is 0 Å². The summed E-state index contributed by atoms with van der Waals surface area (Å²) in [5, 5.41) is 15.0. The van der Waals surface area contributed by atoms with Crippen LogP contribution in [0.3, 0.4) is 0 Å². The minimum atomic E-state index is -0.0965. The van der Waals surface area contributed by atoms with E-state index in [0.29, 0.717) is 16.9 Å². The molecule has 0 spiro atoms. The summed E-state index contributed by atoms with van der Waals surface area (Å²) >= 11 is 0. The Labute approximate surface area is 157 Å². The fourth-order valence-corrected chi connectivity index (χ4v) is 2.94. The van der Waals surface area contributed by atoms with Crippen LogP contribution in [0.2, 0.25) is 0 Å². The van der Waals surface area contributed by atoms with Crippen molar-refractivity contribution in [3.63, 3.8) is 0 Å². The standard InChI is InChI=1S/C17H13N3O2.Y/c1-9-5-4-7-11-13(17(21)19-14(9)11)16-15(20-22)10-6-2-3-8-12(10)18-16;/h2-8H,1H3,(H3,18,19,20,21,22);/p-1. The summed E-state index contributed by atoms with van der Waals surface area (Å²) in [7, 11) is 0. The maximum Gasteiger partial charge on any atom is 0.141 e. The SMILES string of the molecule is Cc1cccc2c(-c3[nH]c4ccccc4c3N=O)c(O)[n-]c12.[Y]. The largest absolute Gasteiger partial charge is 0.626 e. The van der Waals surface area contributed by atoms with Crippen LogP contribution >= 0.6 is 0 Å². The van der Waals surface area contributed by atoms with E-state index in [-0.39, 0.29) is 38.6 Å². The average molecular weight is 379 g/mol. The molecule has 0 bridgehead atoms. The molecular formula is C17H12N3O2Y-. The molecule has 0 fully saturated rings. The molecule has 2 heterocycles. The number of hydrogen-bond donors (Lipinski definition) is 2. The molecule has 23 heavy (non-hydrogen) atoms. The van der Waals surface area contributed by atoms with Gasteiger partial charge < -0.3 is 15.1 Å². The van der Waals surface area contributed by atoms with E-state index in [9.17, 15) is 10.0 Å². The smallest absolute Gasteiger partial charge is 0.141 e. The van der Waals surface area contributed by atoms with Crippen LogP contribution in [0.5, 0.6) is 5.88 Å². The number of aryl methyl sites for hydroxylation is 1. The van der Waals surface area contributed by atoms with E-state index in [2.05, 4.69) is 15.1 Å². The first-order chi connectivity index (χ1) is 10.7. The molecule has 111 valence electrons. The monoisotopic (exact) mass is 379 g/mol. The van der Waals surface area contributed by atoms with Gasteiger partial charge in [-0.3, -0.25) is 0 Å². The van der Waals surface area contributed by atoms with Gasteiger partial charge in [0.05, 0.1) is 5.69 Å². The molecule has 0 amide bonds. The Morgan fingerprint density at radius 2 is 1.83 bits per heavy atom. The Morgan fingerprint density at radius 3 is 2.61 bits per heavy atom. The predicted molar refractivity (Wildman–Crippen MR) is 86.4 cm³/mol. The van der Waals surface area contributed by atoms with Gasteiger partial charge in [0.1, 0.15) is 5.69 Å². The number of aromatic nitrogens is 2. The number of benzene rings is 2. The molecule has 1 radical (unpaired) electrons. The molecule has 0 aliphatic carbocycles. The Morgan fingerprint density at radius 1 is 1.09 bits per heavy atom. The molecule has 0 atom stereocenters. The van der Waals surface area contributed by atoms with E-state index in [0.717, 1.165) is 27.4 Å². The van der Waals surface area contributed by atoms with Crippen LogP contribution < -0.4 is 4.98 Å². The van der Waals surface area contributed by atoms with Gasteiger partial charge in [0.2, 0.25) is 0 Å². The number of aromatic hydroxyl groups is 1. The zero-order valence-corrected chi connectivity index (χ0v) is 15.2. The molecule has 0 unspecified atom stereocenters. The fraction of sp³-hybridized carbons (Fsp3) is 0.0588. The van der Waals surface area contributed by atoms with Gasteiger partial charge in [0.15, 0.2) is 0 Å². The van der Waals surface area contributed by atoms with Gasteiger partial charge in [-0.25, -0.2) is 0 Å². The average Bonchev–Trinajstić information content (AvgIpc) is 3.04. The fourth-order valence-electron chi connectivity index (χ4n) is 2.94. The van der Waals surface area contributed by atoms with Crippen molar-refractivity contribution in [3.05, 3.63) is 52.9 Å². The summed E-state index contributed by atoms with van der Waals surface area (Å²) in [6, 6.07) is 13.1. The van der Waals surface area contributed by atoms with Crippen LogP contribution in [-0.4, -0.2) is 10.1 Å². The topological polar surface area (TPSA) is 79.6 Å². The van der Waals surface area contributed by atoms with Crippen LogP contribution in [0.4, 0.5) is 5.69 Å². The van der Waals surface area contributed by atoms with E-state index in [4.69, 9.17) is 0 Å². The number of H-pyrrole nitrogens is 1. The molecule has 4 aromatic rings. The summed E-state index contributed by atoms with van der Waals surface area (Å²) in [6.45, 7) is 1.93. The number of nitroso groups, excluding NO2 is 1. The predicted octanol–water partition coefficient (Wildman–Crippen LogP) is 4.35. The first kappa shape index (κ1) is 15.9. The Balaban J connectivity index is 0.00000156. The normalized spacial score (nSPS) is 10.8. The van der Waals surface area contributed by atoms with Crippen LogP contribution in [0.15, 0.2) is 47.6 Å². The van der Waals surface area contributed by atoms with E-state index < -0.39 is 0 Å². The van der Waals surface area contributed by atoms with Gasteiger partial charge in [0, 0.05) is 55.1 Å². The van der Waals surface area contributed by atoms with Crippen molar-refractivity contribution in [2.24, 2.45) is 5.18 Å². The minimum absolute atomic E-state index is 0. The Hall–Kier alpha value is -1.98. The number of rotatable bonds is 2. The number of aromatic amines is 1. The summed E-state index contributed by atoms with van der Waals surface area (Å²) in [5.41, 5.74) is 3.81. The maximum atomic E-state index is 11.3. The number of para-hydroxylation sites is 2. The zero-order valence-electron chi connectivity index (χ0n) is 12.4. The molecule has 4 rings (SSSR count). The van der Waals surface area contributed by atoms with Gasteiger partial charge in [-0.15, -0.1) is 10.4 Å². The number of nitrogens with one attached hydrogen (secondary N) is 1. The third-order valence-electron chi connectivity index (χ3n) is 3.97. The van der Waals surface area contributed by atoms with Crippen LogP contribution in [0.1, 0.15) is 5.56 Å². The molecular weight excluding hydrogens is 367 g/mol. The summed E-state index contributed by atoms with van der Waals surface area (Å²) in [4.78, 5) is 18.7. The van der Waals surface area contributed by atoms with Gasteiger partial charge in [-0.05, 0) is 23.6 Å². The molecule has 0 aliphatic heterocycles. The van der Waals surface area contributed by atoms with Crippen molar-refractivity contribution < 1.29 is 37.8 Å². The van der Waals surface area contributed by atoms with Gasteiger partial charge in [-0.2, -0.15) is 0 Å². The Bertz CT molecular complexity index is 1030. The first-order valence-electron chi connectivity index (χ1n) is 6.90. The molecule has 0 saturated heterocycles. The second-order valence-corrected chi connectivity index (χ2v) is 5.27. The maximum absolute atomic E-state index is 11.3. The third-order valence-corrected chi connectivity index (χ3v) is 3.97.